The molecule has 1 unspecified atom stereocenters. The maximum absolute atomic E-state index is 11.9. The van der Waals surface area contributed by atoms with Crippen LogP contribution in [0.1, 0.15) is 6.92 Å². The van der Waals surface area contributed by atoms with Gasteiger partial charge in [0.2, 0.25) is 0 Å². The molecule has 1 amide bonds. The first kappa shape index (κ1) is 15.5. The molecular formula is C15H15BrN2O3. The summed E-state index contributed by atoms with van der Waals surface area (Å²) in [5.41, 5.74) is 6.11. The van der Waals surface area contributed by atoms with E-state index in [2.05, 4.69) is 21.2 Å². The van der Waals surface area contributed by atoms with E-state index in [4.69, 9.17) is 10.5 Å². The number of amides is 1. The molecule has 21 heavy (non-hydrogen) atoms. The van der Waals surface area contributed by atoms with Crippen LogP contribution >= 0.6 is 15.9 Å². The highest BCUT2D eigenvalue weighted by atomic mass is 79.9. The van der Waals surface area contributed by atoms with Gasteiger partial charge in [0.25, 0.3) is 5.91 Å². The summed E-state index contributed by atoms with van der Waals surface area (Å²) >= 11 is 3.40. The van der Waals surface area contributed by atoms with E-state index in [0.29, 0.717) is 5.69 Å². The maximum Gasteiger partial charge on any atom is 0.332 e. The summed E-state index contributed by atoms with van der Waals surface area (Å²) in [5, 5.41) is 4.62. The van der Waals surface area contributed by atoms with Crippen molar-refractivity contribution in [2.24, 2.45) is 5.73 Å². The van der Waals surface area contributed by atoms with E-state index in [1.54, 1.807) is 13.0 Å². The number of halogens is 1. The molecule has 0 bridgehead atoms. The predicted octanol–water partition coefficient (Wildman–Crippen LogP) is 2.43. The quantitative estimate of drug-likeness (QED) is 0.655. The molecule has 0 aliphatic carbocycles. The van der Waals surface area contributed by atoms with Gasteiger partial charge in [-0.05, 0) is 42.0 Å². The van der Waals surface area contributed by atoms with Crippen LogP contribution in [0.5, 0.6) is 0 Å². The number of rotatable bonds is 4. The lowest BCUT2D eigenvalue weighted by atomic mass is 10.1. The summed E-state index contributed by atoms with van der Waals surface area (Å²) in [7, 11) is 0. The Morgan fingerprint density at radius 1 is 1.24 bits per heavy atom. The Labute approximate surface area is 130 Å². The average Bonchev–Trinajstić information content (AvgIpc) is 2.46. The fourth-order valence-corrected chi connectivity index (χ4v) is 2.23. The summed E-state index contributed by atoms with van der Waals surface area (Å²) in [6.07, 6.45) is 0. The zero-order valence-electron chi connectivity index (χ0n) is 11.4. The van der Waals surface area contributed by atoms with Crippen molar-refractivity contribution in [2.45, 2.75) is 13.0 Å². The summed E-state index contributed by atoms with van der Waals surface area (Å²) in [4.78, 5) is 23.3. The molecule has 5 nitrogen and oxygen atoms in total. The largest absolute Gasteiger partial charge is 0.464 e. The van der Waals surface area contributed by atoms with Crippen molar-refractivity contribution in [1.29, 1.82) is 0 Å². The fourth-order valence-electron chi connectivity index (χ4n) is 1.85. The summed E-state index contributed by atoms with van der Waals surface area (Å²) in [5.74, 6) is -1.33. The number of anilines is 1. The molecule has 110 valence electrons. The number of fused-ring (bicyclic) bond motifs is 1. The van der Waals surface area contributed by atoms with Crippen molar-refractivity contribution >= 4 is 44.3 Å². The predicted molar refractivity (Wildman–Crippen MR) is 84.9 cm³/mol. The number of nitrogens with one attached hydrogen (secondary N) is 1. The Morgan fingerprint density at radius 2 is 1.90 bits per heavy atom. The van der Waals surface area contributed by atoms with E-state index >= 15 is 0 Å². The number of ether oxygens (including phenoxy) is 1. The van der Waals surface area contributed by atoms with Crippen molar-refractivity contribution in [3.63, 3.8) is 0 Å². The van der Waals surface area contributed by atoms with Gasteiger partial charge in [-0.3, -0.25) is 4.79 Å². The van der Waals surface area contributed by atoms with Gasteiger partial charge in [-0.25, -0.2) is 4.79 Å². The molecule has 0 spiro atoms. The van der Waals surface area contributed by atoms with Crippen LogP contribution in [-0.2, 0) is 14.3 Å². The van der Waals surface area contributed by atoms with Crippen LogP contribution in [0.15, 0.2) is 40.9 Å². The second-order valence-corrected chi connectivity index (χ2v) is 5.34. The number of hydrogen-bond donors (Lipinski definition) is 2. The van der Waals surface area contributed by atoms with Gasteiger partial charge in [0.15, 0.2) is 6.04 Å². The topological polar surface area (TPSA) is 81.4 Å². The van der Waals surface area contributed by atoms with E-state index in [9.17, 15) is 9.59 Å². The monoisotopic (exact) mass is 350 g/mol. The van der Waals surface area contributed by atoms with Gasteiger partial charge >= 0.3 is 5.97 Å². The van der Waals surface area contributed by atoms with Gasteiger partial charge in [-0.15, -0.1) is 0 Å². The van der Waals surface area contributed by atoms with Crippen LogP contribution in [0.2, 0.25) is 0 Å². The molecule has 0 radical (unpaired) electrons. The Bertz CT molecular complexity index is 688. The number of esters is 1. The van der Waals surface area contributed by atoms with Crippen molar-refractivity contribution in [2.75, 3.05) is 11.9 Å². The van der Waals surface area contributed by atoms with Crippen LogP contribution in [-0.4, -0.2) is 24.5 Å². The highest BCUT2D eigenvalue weighted by Gasteiger charge is 2.23. The second kappa shape index (κ2) is 6.69. The van der Waals surface area contributed by atoms with Gasteiger partial charge in [-0.1, -0.05) is 28.1 Å². The molecule has 2 rings (SSSR count). The van der Waals surface area contributed by atoms with Crippen molar-refractivity contribution in [3.05, 3.63) is 40.9 Å². The van der Waals surface area contributed by atoms with Crippen molar-refractivity contribution < 1.29 is 14.3 Å². The molecular weight excluding hydrogens is 336 g/mol. The van der Waals surface area contributed by atoms with Gasteiger partial charge in [-0.2, -0.15) is 0 Å². The van der Waals surface area contributed by atoms with E-state index in [1.165, 1.54) is 0 Å². The number of carbonyl (C=O) groups excluding carboxylic acids is 2. The van der Waals surface area contributed by atoms with Crippen LogP contribution in [0.4, 0.5) is 5.69 Å². The molecule has 1 atom stereocenters. The molecule has 0 saturated carbocycles. The number of carbonyl (C=O) groups is 2. The molecule has 0 heterocycles. The van der Waals surface area contributed by atoms with Crippen molar-refractivity contribution in [3.8, 4) is 0 Å². The first-order valence-electron chi connectivity index (χ1n) is 6.43. The van der Waals surface area contributed by atoms with Crippen LogP contribution in [0.25, 0.3) is 10.8 Å². The normalized spacial score (nSPS) is 12.0. The summed E-state index contributed by atoms with van der Waals surface area (Å²) < 4.78 is 5.70. The SMILES string of the molecule is CCOC(=O)C(N)C(=O)Nc1ccc2cc(Br)ccc2c1. The third-order valence-electron chi connectivity index (χ3n) is 2.89. The van der Waals surface area contributed by atoms with Gasteiger partial charge in [0.1, 0.15) is 0 Å². The van der Waals surface area contributed by atoms with Gasteiger partial charge in [0.05, 0.1) is 6.61 Å². The lowest BCUT2D eigenvalue weighted by molar-refractivity contribution is -0.146. The van der Waals surface area contributed by atoms with E-state index in [1.807, 2.05) is 30.3 Å². The van der Waals surface area contributed by atoms with Crippen LogP contribution < -0.4 is 11.1 Å². The molecule has 0 aromatic heterocycles. The first-order valence-corrected chi connectivity index (χ1v) is 7.23. The Kier molecular flexibility index (Phi) is 4.93. The minimum absolute atomic E-state index is 0.185. The number of benzene rings is 2. The third kappa shape index (κ3) is 3.80. The summed E-state index contributed by atoms with van der Waals surface area (Å²) in [6, 6.07) is 9.95. The maximum atomic E-state index is 11.9. The van der Waals surface area contributed by atoms with Crippen molar-refractivity contribution in [1.82, 2.24) is 0 Å². The molecule has 0 saturated heterocycles. The molecule has 0 aliphatic rings. The zero-order chi connectivity index (χ0) is 15.4. The Hall–Kier alpha value is -1.92. The Morgan fingerprint density at radius 3 is 2.62 bits per heavy atom. The minimum atomic E-state index is -1.33. The van der Waals surface area contributed by atoms with Gasteiger partial charge in [0, 0.05) is 10.2 Å². The third-order valence-corrected chi connectivity index (χ3v) is 3.39. The van der Waals surface area contributed by atoms with Gasteiger partial charge < -0.3 is 15.8 Å². The highest BCUT2D eigenvalue weighted by Crippen LogP contribution is 2.23. The minimum Gasteiger partial charge on any atom is -0.464 e. The average molecular weight is 351 g/mol. The molecule has 0 fully saturated rings. The first-order chi connectivity index (χ1) is 10.0. The fraction of sp³-hybridized carbons (Fsp3) is 0.200. The standard InChI is InChI=1S/C15H15BrN2O3/c1-2-21-15(20)13(17)14(19)18-12-6-4-9-7-11(16)5-3-10(9)8-12/h3-8,13H,2,17H2,1H3,(H,18,19). The van der Waals surface area contributed by atoms with Crippen LogP contribution in [0, 0.1) is 0 Å². The molecule has 3 N–H and O–H groups in total. The Balaban J connectivity index is 2.14. The van der Waals surface area contributed by atoms with E-state index in [0.717, 1.165) is 15.2 Å². The molecule has 2 aromatic rings. The van der Waals surface area contributed by atoms with E-state index < -0.39 is 17.9 Å². The number of nitrogens with two attached hydrogens (primary N) is 1. The zero-order valence-corrected chi connectivity index (χ0v) is 13.0. The molecule has 2 aromatic carbocycles. The lowest BCUT2D eigenvalue weighted by Gasteiger charge is -2.11. The molecule has 6 heteroatoms. The summed E-state index contributed by atoms with van der Waals surface area (Å²) in [6.45, 7) is 1.84. The second-order valence-electron chi connectivity index (χ2n) is 4.43. The van der Waals surface area contributed by atoms with E-state index in [-0.39, 0.29) is 6.61 Å². The highest BCUT2D eigenvalue weighted by molar-refractivity contribution is 9.10. The number of hydrogen-bond acceptors (Lipinski definition) is 4. The van der Waals surface area contributed by atoms with Crippen LogP contribution in [0.3, 0.4) is 0 Å². The lowest BCUT2D eigenvalue weighted by Crippen LogP contribution is -2.43. The molecule has 0 aliphatic heterocycles. The smallest absolute Gasteiger partial charge is 0.332 e.